The van der Waals surface area contributed by atoms with Crippen LogP contribution < -0.4 is 5.32 Å². The summed E-state index contributed by atoms with van der Waals surface area (Å²) >= 11 is 7.92. The molecule has 1 unspecified atom stereocenters. The molecule has 1 amide bonds. The fraction of sp³-hybridized carbons (Fsp3) is 0.476. The van der Waals surface area contributed by atoms with E-state index in [9.17, 15) is 14.7 Å². The number of rotatable bonds is 11. The number of carboxylic acid groups (broad SMARTS) is 1. The lowest BCUT2D eigenvalue weighted by Gasteiger charge is -2.14. The van der Waals surface area contributed by atoms with Gasteiger partial charge in [-0.3, -0.25) is 4.79 Å². The lowest BCUT2D eigenvalue weighted by Crippen LogP contribution is -2.42. The third kappa shape index (κ3) is 7.40. The highest BCUT2D eigenvalue weighted by Crippen LogP contribution is 2.23. The van der Waals surface area contributed by atoms with Crippen molar-refractivity contribution in [3.8, 4) is 0 Å². The van der Waals surface area contributed by atoms with Crippen LogP contribution in [0.25, 0.3) is 0 Å². The van der Waals surface area contributed by atoms with Gasteiger partial charge in [0.25, 0.3) is 0 Å². The van der Waals surface area contributed by atoms with Crippen LogP contribution in [0.15, 0.2) is 35.6 Å². The average Bonchev–Trinajstić information content (AvgIpc) is 3.02. The summed E-state index contributed by atoms with van der Waals surface area (Å²) in [7, 11) is 0. The standard InChI is InChI=1S/C21H28ClN3O3S/c1-4-9-29-21-23-16(11-18(20(27)28)24-19(26)10-14(2)3)13-25(21)12-15-7-5-6-8-17(15)22/h5-8,13-14,18H,4,9-12H2,1-3H3,(H,24,26)(H,27,28). The zero-order valence-electron chi connectivity index (χ0n) is 17.0. The van der Waals surface area contributed by atoms with E-state index in [-0.39, 0.29) is 18.2 Å². The number of aliphatic carboxylic acids is 1. The van der Waals surface area contributed by atoms with Crippen molar-refractivity contribution in [2.75, 3.05) is 5.75 Å². The van der Waals surface area contributed by atoms with Crippen molar-refractivity contribution < 1.29 is 14.7 Å². The first-order chi connectivity index (χ1) is 13.8. The third-order valence-electron chi connectivity index (χ3n) is 4.16. The summed E-state index contributed by atoms with van der Waals surface area (Å²) in [6.45, 7) is 6.49. The van der Waals surface area contributed by atoms with E-state index in [1.807, 2.05) is 48.9 Å². The van der Waals surface area contributed by atoms with Crippen molar-refractivity contribution in [1.82, 2.24) is 14.9 Å². The second-order valence-electron chi connectivity index (χ2n) is 7.34. The molecule has 0 aliphatic heterocycles. The molecule has 1 atom stereocenters. The molecule has 0 aliphatic carbocycles. The predicted molar refractivity (Wildman–Crippen MR) is 117 cm³/mol. The summed E-state index contributed by atoms with van der Waals surface area (Å²) in [5.74, 6) is -0.253. The zero-order valence-corrected chi connectivity index (χ0v) is 18.6. The molecule has 2 rings (SSSR count). The molecule has 29 heavy (non-hydrogen) atoms. The number of imidazole rings is 1. The number of amides is 1. The number of thioether (sulfide) groups is 1. The van der Waals surface area contributed by atoms with Crippen molar-refractivity contribution in [3.05, 3.63) is 46.7 Å². The van der Waals surface area contributed by atoms with E-state index in [0.717, 1.165) is 22.9 Å². The molecule has 0 bridgehead atoms. The van der Waals surface area contributed by atoms with Crippen LogP contribution in [0.2, 0.25) is 5.02 Å². The molecule has 0 aliphatic rings. The lowest BCUT2D eigenvalue weighted by atomic mass is 10.1. The molecule has 0 fully saturated rings. The van der Waals surface area contributed by atoms with Gasteiger partial charge in [0.05, 0.1) is 12.2 Å². The van der Waals surface area contributed by atoms with Gasteiger partial charge >= 0.3 is 5.97 Å². The Kier molecular flexibility index (Phi) is 9.04. The van der Waals surface area contributed by atoms with Crippen molar-refractivity contribution in [2.24, 2.45) is 5.92 Å². The van der Waals surface area contributed by atoms with E-state index < -0.39 is 12.0 Å². The molecule has 1 heterocycles. The van der Waals surface area contributed by atoms with Gasteiger partial charge in [0.1, 0.15) is 6.04 Å². The molecule has 158 valence electrons. The van der Waals surface area contributed by atoms with Gasteiger partial charge in [0, 0.05) is 29.8 Å². The number of nitrogens with one attached hydrogen (secondary N) is 1. The Balaban J connectivity index is 2.20. The van der Waals surface area contributed by atoms with Crippen LogP contribution in [0.3, 0.4) is 0 Å². The van der Waals surface area contributed by atoms with Gasteiger partial charge < -0.3 is 15.0 Å². The van der Waals surface area contributed by atoms with E-state index in [1.165, 1.54) is 0 Å². The largest absolute Gasteiger partial charge is 0.480 e. The van der Waals surface area contributed by atoms with Crippen LogP contribution >= 0.6 is 23.4 Å². The second-order valence-corrected chi connectivity index (χ2v) is 8.81. The lowest BCUT2D eigenvalue weighted by molar-refractivity contribution is -0.141. The highest BCUT2D eigenvalue weighted by Gasteiger charge is 2.23. The SMILES string of the molecule is CCCSc1nc(CC(NC(=O)CC(C)C)C(=O)O)cn1Cc1ccccc1Cl. The minimum atomic E-state index is -1.06. The first-order valence-corrected chi connectivity index (χ1v) is 11.1. The van der Waals surface area contributed by atoms with E-state index >= 15 is 0 Å². The van der Waals surface area contributed by atoms with E-state index in [1.54, 1.807) is 11.8 Å². The first-order valence-electron chi connectivity index (χ1n) is 9.74. The highest BCUT2D eigenvalue weighted by atomic mass is 35.5. The average molecular weight is 438 g/mol. The summed E-state index contributed by atoms with van der Waals surface area (Å²) in [5, 5.41) is 13.6. The van der Waals surface area contributed by atoms with Gasteiger partial charge in [-0.05, 0) is 24.0 Å². The Morgan fingerprint density at radius 2 is 2.03 bits per heavy atom. The van der Waals surface area contributed by atoms with Gasteiger partial charge in [-0.2, -0.15) is 0 Å². The molecule has 8 heteroatoms. The number of carbonyl (C=O) groups is 2. The van der Waals surface area contributed by atoms with Crippen LogP contribution in [0, 0.1) is 5.92 Å². The maximum Gasteiger partial charge on any atom is 0.326 e. The maximum atomic E-state index is 12.0. The fourth-order valence-electron chi connectivity index (χ4n) is 2.81. The molecule has 1 aromatic carbocycles. The number of hydrogen-bond acceptors (Lipinski definition) is 4. The van der Waals surface area contributed by atoms with Crippen LogP contribution in [0.1, 0.15) is 44.9 Å². The molecule has 1 aromatic heterocycles. The summed E-state index contributed by atoms with van der Waals surface area (Å²) in [4.78, 5) is 28.3. The fourth-order valence-corrected chi connectivity index (χ4v) is 3.86. The summed E-state index contributed by atoms with van der Waals surface area (Å²) in [6, 6.07) is 6.62. The van der Waals surface area contributed by atoms with Crippen molar-refractivity contribution in [1.29, 1.82) is 0 Å². The minimum absolute atomic E-state index is 0.133. The Bertz CT molecular complexity index is 838. The topological polar surface area (TPSA) is 84.2 Å². The number of aromatic nitrogens is 2. The number of carboxylic acids is 1. The molecule has 0 saturated heterocycles. The van der Waals surface area contributed by atoms with Crippen LogP contribution in [-0.4, -0.2) is 38.3 Å². The van der Waals surface area contributed by atoms with Crippen molar-refractivity contribution in [3.63, 3.8) is 0 Å². The summed E-state index contributed by atoms with van der Waals surface area (Å²) in [6.07, 6.45) is 3.28. The molecule has 0 saturated carbocycles. The van der Waals surface area contributed by atoms with Gasteiger partial charge in [0.2, 0.25) is 5.91 Å². The molecule has 0 radical (unpaired) electrons. The van der Waals surface area contributed by atoms with E-state index in [4.69, 9.17) is 11.6 Å². The number of benzene rings is 1. The first kappa shape index (κ1) is 23.3. The maximum absolute atomic E-state index is 12.0. The Hall–Kier alpha value is -1.99. The number of nitrogens with zero attached hydrogens (tertiary/aromatic N) is 2. The Morgan fingerprint density at radius 1 is 1.31 bits per heavy atom. The van der Waals surface area contributed by atoms with Gasteiger partial charge in [-0.1, -0.05) is 62.3 Å². The number of halogens is 1. The molecule has 2 aromatic rings. The molecule has 6 nitrogen and oxygen atoms in total. The molecular weight excluding hydrogens is 410 g/mol. The van der Waals surface area contributed by atoms with Crippen molar-refractivity contribution in [2.45, 2.75) is 57.8 Å². The smallest absolute Gasteiger partial charge is 0.326 e. The third-order valence-corrected chi connectivity index (χ3v) is 5.73. The van der Waals surface area contributed by atoms with Crippen LogP contribution in [0.5, 0.6) is 0 Å². The number of hydrogen-bond donors (Lipinski definition) is 2. The predicted octanol–water partition coefficient (Wildman–Crippen LogP) is 4.24. The minimum Gasteiger partial charge on any atom is -0.480 e. The molecule has 0 spiro atoms. The number of carbonyl (C=O) groups excluding carboxylic acids is 1. The van der Waals surface area contributed by atoms with Crippen LogP contribution in [0.4, 0.5) is 0 Å². The van der Waals surface area contributed by atoms with E-state index in [0.29, 0.717) is 23.7 Å². The van der Waals surface area contributed by atoms with Gasteiger partial charge in [-0.15, -0.1) is 0 Å². The Labute approximate surface area is 181 Å². The zero-order chi connectivity index (χ0) is 21.4. The molecular formula is C21H28ClN3O3S. The van der Waals surface area contributed by atoms with Crippen molar-refractivity contribution >= 4 is 35.2 Å². The highest BCUT2D eigenvalue weighted by molar-refractivity contribution is 7.99. The quantitative estimate of drug-likeness (QED) is 0.513. The second kappa shape index (κ2) is 11.3. The van der Waals surface area contributed by atoms with Crippen LogP contribution in [-0.2, 0) is 22.6 Å². The monoisotopic (exact) mass is 437 g/mol. The van der Waals surface area contributed by atoms with Gasteiger partial charge in [0.15, 0.2) is 5.16 Å². The molecule has 2 N–H and O–H groups in total. The van der Waals surface area contributed by atoms with Gasteiger partial charge in [-0.25, -0.2) is 9.78 Å². The normalized spacial score (nSPS) is 12.2. The van der Waals surface area contributed by atoms with E-state index in [2.05, 4.69) is 17.2 Å². The summed E-state index contributed by atoms with van der Waals surface area (Å²) in [5.41, 5.74) is 1.60. The Morgan fingerprint density at radius 3 is 2.66 bits per heavy atom. The summed E-state index contributed by atoms with van der Waals surface area (Å²) < 4.78 is 1.99.